The Balaban J connectivity index is 3.01. The zero-order valence-corrected chi connectivity index (χ0v) is 6.29. The fourth-order valence-corrected chi connectivity index (χ4v) is 0.917. The smallest absolute Gasteiger partial charge is 0.131 e. The maximum atomic E-state index is 7.10. The van der Waals surface area contributed by atoms with Crippen LogP contribution in [-0.2, 0) is 0 Å². The van der Waals surface area contributed by atoms with E-state index in [9.17, 15) is 0 Å². The van der Waals surface area contributed by atoms with E-state index in [4.69, 9.17) is 17.0 Å². The molecule has 0 fully saturated rings. The highest BCUT2D eigenvalue weighted by Crippen LogP contribution is 2.13. The average Bonchev–Trinajstić information content (AvgIpc) is 2.33. The van der Waals surface area contributed by atoms with E-state index in [1.54, 1.807) is 19.3 Å². The molecule has 3 N–H and O–H groups in total. The number of aromatic nitrogens is 1. The van der Waals surface area contributed by atoms with Crippen molar-refractivity contribution in [2.24, 2.45) is 0 Å². The first-order valence-electron chi connectivity index (χ1n) is 2.85. The zero-order chi connectivity index (χ0) is 7.56. The Morgan fingerprint density at radius 1 is 1.80 bits per heavy atom. The molecule has 0 atom stereocenters. The number of H-pyrrole nitrogens is 1. The number of halogens is 1. The molecule has 0 radical (unpaired) electrons. The van der Waals surface area contributed by atoms with E-state index in [1.807, 2.05) is 0 Å². The second-order valence-electron chi connectivity index (χ2n) is 1.83. The van der Waals surface area contributed by atoms with E-state index in [1.165, 1.54) is 0 Å². The van der Waals surface area contributed by atoms with Gasteiger partial charge in [0.25, 0.3) is 0 Å². The number of hydrogen-bond acceptors (Lipinski definition) is 2. The second-order valence-corrected chi connectivity index (χ2v) is 2.21. The molecule has 0 unspecified atom stereocenters. The number of anilines is 1. The summed E-state index contributed by atoms with van der Waals surface area (Å²) >= 11 is 5.45. The third-order valence-electron chi connectivity index (χ3n) is 1.23. The minimum atomic E-state index is 0.0469. The summed E-state index contributed by atoms with van der Waals surface area (Å²) in [6, 6.07) is 1.75. The molecule has 0 amide bonds. The summed E-state index contributed by atoms with van der Waals surface area (Å²) in [5.74, 6) is 0.778. The Morgan fingerprint density at radius 2 is 2.50 bits per heavy atom. The first-order chi connectivity index (χ1) is 4.75. The van der Waals surface area contributed by atoms with Crippen LogP contribution in [0.1, 0.15) is 5.56 Å². The molecular weight excluding hydrogens is 150 g/mol. The summed E-state index contributed by atoms with van der Waals surface area (Å²) in [5.41, 5.74) is 0.698. The van der Waals surface area contributed by atoms with E-state index in [0.717, 1.165) is 5.82 Å². The molecule has 0 spiro atoms. The highest BCUT2D eigenvalue weighted by atomic mass is 35.5. The summed E-state index contributed by atoms with van der Waals surface area (Å²) in [7, 11) is 1.77. The average molecular weight is 158 g/mol. The van der Waals surface area contributed by atoms with Gasteiger partial charge < -0.3 is 10.3 Å². The topological polar surface area (TPSA) is 51.7 Å². The first kappa shape index (κ1) is 7.15. The maximum absolute atomic E-state index is 7.10. The molecule has 0 saturated carbocycles. The lowest BCUT2D eigenvalue weighted by atomic mass is 10.3. The molecular formula is C6H8ClN3. The highest BCUT2D eigenvalue weighted by Gasteiger charge is 2.03. The van der Waals surface area contributed by atoms with Crippen molar-refractivity contribution in [1.29, 1.82) is 5.41 Å². The molecule has 0 saturated heterocycles. The summed E-state index contributed by atoms with van der Waals surface area (Å²) in [6.07, 6.45) is 1.73. The minimum absolute atomic E-state index is 0.0469. The quantitative estimate of drug-likeness (QED) is 0.562. The van der Waals surface area contributed by atoms with Crippen LogP contribution in [0.25, 0.3) is 0 Å². The second kappa shape index (κ2) is 2.75. The first-order valence-corrected chi connectivity index (χ1v) is 3.23. The van der Waals surface area contributed by atoms with Gasteiger partial charge in [0.15, 0.2) is 0 Å². The van der Waals surface area contributed by atoms with Gasteiger partial charge in [-0.25, -0.2) is 0 Å². The molecule has 1 heterocycles. The lowest BCUT2D eigenvalue weighted by Gasteiger charge is -1.97. The lowest BCUT2D eigenvalue weighted by Crippen LogP contribution is -1.95. The van der Waals surface area contributed by atoms with Crippen LogP contribution in [0.5, 0.6) is 0 Å². The molecule has 1 aromatic rings. The van der Waals surface area contributed by atoms with Gasteiger partial charge in [0.05, 0.1) is 5.56 Å². The Labute approximate surface area is 63.9 Å². The molecule has 0 aliphatic rings. The predicted octanol–water partition coefficient (Wildman–Crippen LogP) is 1.62. The van der Waals surface area contributed by atoms with Crippen LogP contribution in [-0.4, -0.2) is 17.2 Å². The van der Waals surface area contributed by atoms with Crippen LogP contribution >= 0.6 is 11.6 Å². The molecule has 54 valence electrons. The van der Waals surface area contributed by atoms with E-state index >= 15 is 0 Å². The molecule has 0 aromatic carbocycles. The van der Waals surface area contributed by atoms with Crippen LogP contribution in [0.15, 0.2) is 12.3 Å². The molecule has 3 nitrogen and oxygen atoms in total. The van der Waals surface area contributed by atoms with Crippen molar-refractivity contribution in [2.45, 2.75) is 0 Å². The number of rotatable bonds is 2. The summed E-state index contributed by atoms with van der Waals surface area (Å²) < 4.78 is 0. The van der Waals surface area contributed by atoms with Gasteiger partial charge in [0.2, 0.25) is 0 Å². The summed E-state index contributed by atoms with van der Waals surface area (Å²) in [5, 5.41) is 10.0. The van der Waals surface area contributed by atoms with E-state index in [-0.39, 0.29) is 5.17 Å². The fraction of sp³-hybridized carbons (Fsp3) is 0.167. The van der Waals surface area contributed by atoms with Crippen molar-refractivity contribution in [2.75, 3.05) is 12.4 Å². The summed E-state index contributed by atoms with van der Waals surface area (Å²) in [4.78, 5) is 2.90. The van der Waals surface area contributed by atoms with Crippen molar-refractivity contribution in [3.63, 3.8) is 0 Å². The van der Waals surface area contributed by atoms with Gasteiger partial charge in [-0.15, -0.1) is 0 Å². The number of nitrogens with one attached hydrogen (secondary N) is 3. The van der Waals surface area contributed by atoms with E-state index in [0.29, 0.717) is 5.56 Å². The molecule has 1 rings (SSSR count). The molecule has 0 aliphatic heterocycles. The van der Waals surface area contributed by atoms with Gasteiger partial charge in [-0.2, -0.15) is 0 Å². The Morgan fingerprint density at radius 3 is 2.90 bits per heavy atom. The molecule has 1 aromatic heterocycles. The molecule has 10 heavy (non-hydrogen) atoms. The SMILES string of the molecule is CNc1[nH]ccc1C(=N)Cl. The normalized spacial score (nSPS) is 9.40. The van der Waals surface area contributed by atoms with Gasteiger partial charge in [-0.3, -0.25) is 5.41 Å². The van der Waals surface area contributed by atoms with Crippen molar-refractivity contribution in [1.82, 2.24) is 4.98 Å². The van der Waals surface area contributed by atoms with Crippen LogP contribution in [0.3, 0.4) is 0 Å². The van der Waals surface area contributed by atoms with Gasteiger partial charge in [0.1, 0.15) is 11.0 Å². The molecule has 4 heteroatoms. The van der Waals surface area contributed by atoms with E-state index < -0.39 is 0 Å². The summed E-state index contributed by atoms with van der Waals surface area (Å²) in [6.45, 7) is 0. The van der Waals surface area contributed by atoms with Gasteiger partial charge in [0, 0.05) is 13.2 Å². The lowest BCUT2D eigenvalue weighted by molar-refractivity contribution is 1.34. The standard InChI is InChI=1S/C6H8ClN3/c1-9-6-4(5(7)8)2-3-10-6/h2-3,8-10H,1H3. The zero-order valence-electron chi connectivity index (χ0n) is 5.53. The van der Waals surface area contributed by atoms with Gasteiger partial charge in [-0.05, 0) is 6.07 Å². The van der Waals surface area contributed by atoms with Crippen LogP contribution in [0.4, 0.5) is 5.82 Å². The molecule has 0 aliphatic carbocycles. The third kappa shape index (κ3) is 1.14. The van der Waals surface area contributed by atoms with Crippen molar-refractivity contribution >= 4 is 22.6 Å². The van der Waals surface area contributed by atoms with E-state index in [2.05, 4.69) is 10.3 Å². The van der Waals surface area contributed by atoms with Crippen molar-refractivity contribution in [3.8, 4) is 0 Å². The minimum Gasteiger partial charge on any atom is -0.374 e. The molecule has 0 bridgehead atoms. The Kier molecular flexibility index (Phi) is 1.97. The van der Waals surface area contributed by atoms with Crippen LogP contribution in [0.2, 0.25) is 0 Å². The largest absolute Gasteiger partial charge is 0.374 e. The maximum Gasteiger partial charge on any atom is 0.131 e. The van der Waals surface area contributed by atoms with Gasteiger partial charge >= 0.3 is 0 Å². The van der Waals surface area contributed by atoms with Crippen molar-refractivity contribution < 1.29 is 0 Å². The number of aromatic amines is 1. The fourth-order valence-electron chi connectivity index (χ4n) is 0.759. The van der Waals surface area contributed by atoms with Gasteiger partial charge in [-0.1, -0.05) is 11.6 Å². The predicted molar refractivity (Wildman–Crippen MR) is 43.0 cm³/mol. The highest BCUT2D eigenvalue weighted by molar-refractivity contribution is 6.69. The number of hydrogen-bond donors (Lipinski definition) is 3. The Hall–Kier alpha value is -0.960. The monoisotopic (exact) mass is 157 g/mol. The van der Waals surface area contributed by atoms with Crippen LogP contribution < -0.4 is 5.32 Å². The third-order valence-corrected chi connectivity index (χ3v) is 1.44. The van der Waals surface area contributed by atoms with Crippen LogP contribution in [0, 0.1) is 5.41 Å². The Bertz CT molecular complexity index is 241. The van der Waals surface area contributed by atoms with Crippen molar-refractivity contribution in [3.05, 3.63) is 17.8 Å².